The molecule has 1 heteroatoms. The van der Waals surface area contributed by atoms with E-state index in [-0.39, 0.29) is 0 Å². The van der Waals surface area contributed by atoms with Crippen molar-refractivity contribution in [2.75, 3.05) is 0 Å². The standard InChI is InChI=1S/C17H12O/c1-2-16-15(12-13-8-4-3-5-9-13)14-10-6-7-11-17(14)18-16/h1,3-11H,12H2. The smallest absolute Gasteiger partial charge is 0.181 e. The molecular weight excluding hydrogens is 220 g/mol. The molecule has 0 radical (unpaired) electrons. The van der Waals surface area contributed by atoms with Gasteiger partial charge in [0.25, 0.3) is 0 Å². The Bertz CT molecular complexity index is 714. The fourth-order valence-electron chi connectivity index (χ4n) is 2.19. The summed E-state index contributed by atoms with van der Waals surface area (Å²) >= 11 is 0. The van der Waals surface area contributed by atoms with Crippen molar-refractivity contribution in [2.45, 2.75) is 6.42 Å². The van der Waals surface area contributed by atoms with Gasteiger partial charge in [-0.1, -0.05) is 48.5 Å². The first-order valence-electron chi connectivity index (χ1n) is 5.89. The number of para-hydroxylation sites is 1. The molecule has 0 saturated carbocycles. The molecule has 18 heavy (non-hydrogen) atoms. The molecule has 0 aliphatic rings. The van der Waals surface area contributed by atoms with Crippen LogP contribution in [0.15, 0.2) is 59.0 Å². The highest BCUT2D eigenvalue weighted by molar-refractivity contribution is 5.83. The van der Waals surface area contributed by atoms with Crippen LogP contribution in [0, 0.1) is 12.3 Å². The molecule has 1 heterocycles. The van der Waals surface area contributed by atoms with Gasteiger partial charge in [0, 0.05) is 17.4 Å². The molecule has 86 valence electrons. The van der Waals surface area contributed by atoms with Crippen LogP contribution in [-0.2, 0) is 6.42 Å². The van der Waals surface area contributed by atoms with E-state index in [4.69, 9.17) is 10.8 Å². The number of benzene rings is 2. The van der Waals surface area contributed by atoms with Crippen LogP contribution in [-0.4, -0.2) is 0 Å². The van der Waals surface area contributed by atoms with Gasteiger partial charge in [0.15, 0.2) is 5.76 Å². The number of hydrogen-bond acceptors (Lipinski definition) is 1. The fourth-order valence-corrected chi connectivity index (χ4v) is 2.19. The van der Waals surface area contributed by atoms with Crippen molar-refractivity contribution in [3.63, 3.8) is 0 Å². The molecule has 2 aromatic carbocycles. The zero-order chi connectivity index (χ0) is 12.4. The summed E-state index contributed by atoms with van der Waals surface area (Å²) in [6.07, 6.45) is 6.33. The van der Waals surface area contributed by atoms with Crippen LogP contribution < -0.4 is 0 Å². The third-order valence-electron chi connectivity index (χ3n) is 3.05. The summed E-state index contributed by atoms with van der Waals surface area (Å²) in [6.45, 7) is 0. The highest BCUT2D eigenvalue weighted by Crippen LogP contribution is 2.27. The predicted octanol–water partition coefficient (Wildman–Crippen LogP) is 4.00. The molecule has 0 fully saturated rings. The van der Waals surface area contributed by atoms with E-state index in [1.807, 2.05) is 36.4 Å². The van der Waals surface area contributed by atoms with Crippen LogP contribution in [0.5, 0.6) is 0 Å². The number of rotatable bonds is 2. The maximum absolute atomic E-state index is 5.68. The first-order chi connectivity index (χ1) is 8.88. The lowest BCUT2D eigenvalue weighted by molar-refractivity contribution is 0.597. The van der Waals surface area contributed by atoms with Crippen molar-refractivity contribution >= 4 is 11.0 Å². The topological polar surface area (TPSA) is 13.1 Å². The van der Waals surface area contributed by atoms with Gasteiger partial charge in [-0.05, 0) is 17.6 Å². The zero-order valence-electron chi connectivity index (χ0n) is 9.89. The lowest BCUT2D eigenvalue weighted by atomic mass is 10.0. The largest absolute Gasteiger partial charge is 0.447 e. The molecule has 0 spiro atoms. The van der Waals surface area contributed by atoms with E-state index < -0.39 is 0 Å². The van der Waals surface area contributed by atoms with Gasteiger partial charge in [-0.3, -0.25) is 0 Å². The molecule has 0 amide bonds. The van der Waals surface area contributed by atoms with Crippen LogP contribution in [0.3, 0.4) is 0 Å². The normalized spacial score (nSPS) is 10.4. The molecule has 0 bridgehead atoms. The van der Waals surface area contributed by atoms with Gasteiger partial charge < -0.3 is 4.42 Å². The van der Waals surface area contributed by atoms with E-state index in [9.17, 15) is 0 Å². The lowest BCUT2D eigenvalue weighted by Gasteiger charge is -2.00. The first-order valence-corrected chi connectivity index (χ1v) is 5.89. The van der Waals surface area contributed by atoms with Crippen molar-refractivity contribution in [1.29, 1.82) is 0 Å². The van der Waals surface area contributed by atoms with Crippen LogP contribution in [0.2, 0.25) is 0 Å². The van der Waals surface area contributed by atoms with E-state index in [1.54, 1.807) is 0 Å². The average molecular weight is 232 g/mol. The third-order valence-corrected chi connectivity index (χ3v) is 3.05. The molecule has 0 unspecified atom stereocenters. The van der Waals surface area contributed by atoms with Gasteiger partial charge in [-0.25, -0.2) is 0 Å². The summed E-state index contributed by atoms with van der Waals surface area (Å²) < 4.78 is 5.68. The Morgan fingerprint density at radius 1 is 0.944 bits per heavy atom. The maximum Gasteiger partial charge on any atom is 0.181 e. The second kappa shape index (κ2) is 4.43. The maximum atomic E-state index is 5.68. The van der Waals surface area contributed by atoms with Crippen molar-refractivity contribution in [3.8, 4) is 12.3 Å². The summed E-state index contributed by atoms with van der Waals surface area (Å²) in [6, 6.07) is 18.2. The molecule has 1 aromatic heterocycles. The second-order valence-corrected chi connectivity index (χ2v) is 4.21. The molecule has 1 nitrogen and oxygen atoms in total. The highest BCUT2D eigenvalue weighted by atomic mass is 16.3. The number of terminal acetylenes is 1. The number of fused-ring (bicyclic) bond motifs is 1. The Kier molecular flexibility index (Phi) is 2.63. The minimum Gasteiger partial charge on any atom is -0.447 e. The minimum atomic E-state index is 0.639. The summed E-state index contributed by atoms with van der Waals surface area (Å²) in [5, 5.41) is 1.11. The average Bonchev–Trinajstić information content (AvgIpc) is 2.78. The van der Waals surface area contributed by atoms with Gasteiger partial charge >= 0.3 is 0 Å². The first kappa shape index (κ1) is 10.7. The molecule has 0 saturated heterocycles. The van der Waals surface area contributed by atoms with Gasteiger partial charge in [-0.2, -0.15) is 0 Å². The zero-order valence-corrected chi connectivity index (χ0v) is 9.89. The van der Waals surface area contributed by atoms with E-state index in [0.29, 0.717) is 5.76 Å². The van der Waals surface area contributed by atoms with Crippen molar-refractivity contribution in [1.82, 2.24) is 0 Å². The van der Waals surface area contributed by atoms with Gasteiger partial charge in [-0.15, -0.1) is 6.42 Å². The number of hydrogen-bond donors (Lipinski definition) is 0. The van der Waals surface area contributed by atoms with Crippen LogP contribution in [0.4, 0.5) is 0 Å². The van der Waals surface area contributed by atoms with Crippen molar-refractivity contribution in [2.24, 2.45) is 0 Å². The summed E-state index contributed by atoms with van der Waals surface area (Å²) in [5.41, 5.74) is 3.19. The Hall–Kier alpha value is -2.46. The highest BCUT2D eigenvalue weighted by Gasteiger charge is 2.12. The third kappa shape index (κ3) is 1.78. The summed E-state index contributed by atoms with van der Waals surface area (Å²) in [5.74, 6) is 3.28. The minimum absolute atomic E-state index is 0.639. The van der Waals surface area contributed by atoms with Gasteiger partial charge in [0.2, 0.25) is 0 Å². The molecule has 0 atom stereocenters. The van der Waals surface area contributed by atoms with Gasteiger partial charge in [0.1, 0.15) is 5.58 Å². The van der Waals surface area contributed by atoms with E-state index in [0.717, 1.165) is 23.0 Å². The van der Waals surface area contributed by atoms with Gasteiger partial charge in [0.05, 0.1) is 0 Å². The lowest BCUT2D eigenvalue weighted by Crippen LogP contribution is -1.88. The molecule has 0 N–H and O–H groups in total. The quantitative estimate of drug-likeness (QED) is 0.608. The fraction of sp³-hybridized carbons (Fsp3) is 0.0588. The molecule has 0 aliphatic carbocycles. The van der Waals surface area contributed by atoms with Crippen molar-refractivity contribution < 1.29 is 4.42 Å². The number of furan rings is 1. The predicted molar refractivity (Wildman–Crippen MR) is 73.4 cm³/mol. The van der Waals surface area contributed by atoms with Crippen molar-refractivity contribution in [3.05, 3.63) is 71.5 Å². The molecular formula is C17H12O. The van der Waals surface area contributed by atoms with E-state index >= 15 is 0 Å². The van der Waals surface area contributed by atoms with Crippen LogP contribution >= 0.6 is 0 Å². The summed E-state index contributed by atoms with van der Waals surface area (Å²) in [7, 11) is 0. The van der Waals surface area contributed by atoms with E-state index in [2.05, 4.69) is 24.1 Å². The van der Waals surface area contributed by atoms with Crippen LogP contribution in [0.1, 0.15) is 16.9 Å². The Morgan fingerprint density at radius 2 is 1.67 bits per heavy atom. The molecule has 3 rings (SSSR count). The Morgan fingerprint density at radius 3 is 2.44 bits per heavy atom. The monoisotopic (exact) mass is 232 g/mol. The Balaban J connectivity index is 2.13. The second-order valence-electron chi connectivity index (χ2n) is 4.21. The Labute approximate surface area is 106 Å². The molecule has 0 aliphatic heterocycles. The SMILES string of the molecule is C#Cc1oc2ccccc2c1Cc1ccccc1. The van der Waals surface area contributed by atoms with Crippen LogP contribution in [0.25, 0.3) is 11.0 Å². The molecule has 3 aromatic rings. The summed E-state index contributed by atoms with van der Waals surface area (Å²) in [4.78, 5) is 0. The van der Waals surface area contributed by atoms with E-state index in [1.165, 1.54) is 5.56 Å².